The first-order valence-electron chi connectivity index (χ1n) is 5.25. The largest absolute Gasteiger partial charge is 0.496 e. The SMILES string of the molecule is CCCNC(C)c1ccc(Br)cc1OC. The molecule has 0 saturated carbocycles. The van der Waals surface area contributed by atoms with Crippen molar-refractivity contribution in [2.75, 3.05) is 13.7 Å². The van der Waals surface area contributed by atoms with E-state index in [1.165, 1.54) is 5.56 Å². The van der Waals surface area contributed by atoms with E-state index >= 15 is 0 Å². The lowest BCUT2D eigenvalue weighted by molar-refractivity contribution is 0.401. The third-order valence-corrected chi connectivity index (χ3v) is 2.86. The molecule has 1 atom stereocenters. The summed E-state index contributed by atoms with van der Waals surface area (Å²) in [4.78, 5) is 0. The Labute approximate surface area is 100 Å². The topological polar surface area (TPSA) is 21.3 Å². The fourth-order valence-electron chi connectivity index (χ4n) is 1.51. The van der Waals surface area contributed by atoms with E-state index in [1.807, 2.05) is 12.1 Å². The van der Waals surface area contributed by atoms with Crippen molar-refractivity contribution in [3.63, 3.8) is 0 Å². The van der Waals surface area contributed by atoms with E-state index in [2.05, 4.69) is 41.2 Å². The summed E-state index contributed by atoms with van der Waals surface area (Å²) in [6.07, 6.45) is 1.14. The first kappa shape index (κ1) is 12.5. The Morgan fingerprint density at radius 2 is 2.20 bits per heavy atom. The van der Waals surface area contributed by atoms with Crippen LogP contribution in [0.3, 0.4) is 0 Å². The summed E-state index contributed by atoms with van der Waals surface area (Å²) in [7, 11) is 1.71. The van der Waals surface area contributed by atoms with Crippen LogP contribution in [0, 0.1) is 0 Å². The van der Waals surface area contributed by atoms with Crippen LogP contribution >= 0.6 is 15.9 Å². The van der Waals surface area contributed by atoms with Crippen LogP contribution < -0.4 is 10.1 Å². The first-order valence-corrected chi connectivity index (χ1v) is 6.05. The highest BCUT2D eigenvalue weighted by Gasteiger charge is 2.10. The van der Waals surface area contributed by atoms with Gasteiger partial charge < -0.3 is 10.1 Å². The van der Waals surface area contributed by atoms with Crippen molar-refractivity contribution in [2.24, 2.45) is 0 Å². The van der Waals surface area contributed by atoms with Crippen LogP contribution in [-0.2, 0) is 0 Å². The van der Waals surface area contributed by atoms with Crippen LogP contribution in [0.15, 0.2) is 22.7 Å². The molecule has 84 valence electrons. The minimum atomic E-state index is 0.327. The van der Waals surface area contributed by atoms with Crippen LogP contribution in [0.1, 0.15) is 31.9 Å². The molecule has 0 radical (unpaired) electrons. The molecule has 0 saturated heterocycles. The zero-order valence-corrected chi connectivity index (χ0v) is 11.1. The summed E-state index contributed by atoms with van der Waals surface area (Å²) in [5.74, 6) is 0.931. The Morgan fingerprint density at radius 3 is 2.80 bits per heavy atom. The van der Waals surface area contributed by atoms with Gasteiger partial charge in [-0.1, -0.05) is 28.9 Å². The van der Waals surface area contributed by atoms with Gasteiger partial charge in [0.1, 0.15) is 5.75 Å². The summed E-state index contributed by atoms with van der Waals surface area (Å²) >= 11 is 3.44. The molecule has 2 nitrogen and oxygen atoms in total. The van der Waals surface area contributed by atoms with Crippen LogP contribution in [0.2, 0.25) is 0 Å². The number of benzene rings is 1. The van der Waals surface area contributed by atoms with Crippen molar-refractivity contribution in [3.05, 3.63) is 28.2 Å². The molecule has 0 aliphatic rings. The second-order valence-corrected chi connectivity index (χ2v) is 4.48. The molecule has 0 aromatic heterocycles. The first-order chi connectivity index (χ1) is 7.19. The maximum absolute atomic E-state index is 5.36. The predicted octanol–water partition coefficient (Wildman–Crippen LogP) is 3.52. The number of hydrogen-bond donors (Lipinski definition) is 1. The third-order valence-electron chi connectivity index (χ3n) is 2.36. The number of methoxy groups -OCH3 is 1. The molecule has 0 aliphatic heterocycles. The highest BCUT2D eigenvalue weighted by atomic mass is 79.9. The van der Waals surface area contributed by atoms with Gasteiger partial charge in [-0.25, -0.2) is 0 Å². The molecule has 0 bridgehead atoms. The van der Waals surface area contributed by atoms with Gasteiger partial charge in [-0.05, 0) is 32.0 Å². The molecule has 0 heterocycles. The number of ether oxygens (including phenoxy) is 1. The normalized spacial score (nSPS) is 12.5. The minimum Gasteiger partial charge on any atom is -0.496 e. The molecule has 1 aromatic carbocycles. The quantitative estimate of drug-likeness (QED) is 0.885. The zero-order chi connectivity index (χ0) is 11.3. The van der Waals surface area contributed by atoms with Gasteiger partial charge in [-0.2, -0.15) is 0 Å². The molecule has 0 amide bonds. The van der Waals surface area contributed by atoms with E-state index in [0.29, 0.717) is 6.04 Å². The minimum absolute atomic E-state index is 0.327. The van der Waals surface area contributed by atoms with Gasteiger partial charge in [0, 0.05) is 16.1 Å². The summed E-state index contributed by atoms with van der Waals surface area (Å²) in [5, 5.41) is 3.45. The smallest absolute Gasteiger partial charge is 0.124 e. The number of nitrogens with one attached hydrogen (secondary N) is 1. The van der Waals surface area contributed by atoms with Gasteiger partial charge in [-0.3, -0.25) is 0 Å². The number of halogens is 1. The second-order valence-electron chi connectivity index (χ2n) is 3.56. The summed E-state index contributed by atoms with van der Waals surface area (Å²) < 4.78 is 6.40. The maximum Gasteiger partial charge on any atom is 0.124 e. The maximum atomic E-state index is 5.36. The van der Waals surface area contributed by atoms with Crippen molar-refractivity contribution in [1.82, 2.24) is 5.32 Å². The molecule has 15 heavy (non-hydrogen) atoms. The van der Waals surface area contributed by atoms with Gasteiger partial charge >= 0.3 is 0 Å². The van der Waals surface area contributed by atoms with Crippen LogP contribution in [0.4, 0.5) is 0 Å². The van der Waals surface area contributed by atoms with E-state index in [9.17, 15) is 0 Å². The summed E-state index contributed by atoms with van der Waals surface area (Å²) in [6, 6.07) is 6.46. The highest BCUT2D eigenvalue weighted by molar-refractivity contribution is 9.10. The molecule has 0 fully saturated rings. The zero-order valence-electron chi connectivity index (χ0n) is 9.51. The molecule has 0 aliphatic carbocycles. The molecule has 1 aromatic rings. The van der Waals surface area contributed by atoms with E-state index < -0.39 is 0 Å². The molecule has 3 heteroatoms. The van der Waals surface area contributed by atoms with Gasteiger partial charge in [0.25, 0.3) is 0 Å². The summed E-state index contributed by atoms with van der Waals surface area (Å²) in [6.45, 7) is 5.35. The predicted molar refractivity (Wildman–Crippen MR) is 67.4 cm³/mol. The highest BCUT2D eigenvalue weighted by Crippen LogP contribution is 2.28. The monoisotopic (exact) mass is 271 g/mol. The van der Waals surface area contributed by atoms with E-state index in [4.69, 9.17) is 4.74 Å². The molecule has 1 unspecified atom stereocenters. The number of hydrogen-bond acceptors (Lipinski definition) is 2. The van der Waals surface area contributed by atoms with Crippen molar-refractivity contribution in [3.8, 4) is 5.75 Å². The van der Waals surface area contributed by atoms with Crippen LogP contribution in [-0.4, -0.2) is 13.7 Å². The Hall–Kier alpha value is -0.540. The Balaban J connectivity index is 2.82. The van der Waals surface area contributed by atoms with Crippen LogP contribution in [0.5, 0.6) is 5.75 Å². The molecule has 1 rings (SSSR count). The molecular weight excluding hydrogens is 254 g/mol. The summed E-state index contributed by atoms with van der Waals surface area (Å²) in [5.41, 5.74) is 1.20. The van der Waals surface area contributed by atoms with E-state index in [0.717, 1.165) is 23.2 Å². The molecule has 1 N–H and O–H groups in total. The second kappa shape index (κ2) is 6.13. The van der Waals surface area contributed by atoms with Crippen molar-refractivity contribution in [2.45, 2.75) is 26.3 Å². The van der Waals surface area contributed by atoms with Crippen molar-refractivity contribution in [1.29, 1.82) is 0 Å². The van der Waals surface area contributed by atoms with Gasteiger partial charge in [-0.15, -0.1) is 0 Å². The Kier molecular flexibility index (Phi) is 5.12. The average molecular weight is 272 g/mol. The van der Waals surface area contributed by atoms with Crippen LogP contribution in [0.25, 0.3) is 0 Å². The van der Waals surface area contributed by atoms with Gasteiger partial charge in [0.2, 0.25) is 0 Å². The Bertz CT molecular complexity index is 314. The van der Waals surface area contributed by atoms with E-state index in [-0.39, 0.29) is 0 Å². The number of rotatable bonds is 5. The lowest BCUT2D eigenvalue weighted by Crippen LogP contribution is -2.19. The lowest BCUT2D eigenvalue weighted by Gasteiger charge is -2.17. The van der Waals surface area contributed by atoms with Crippen molar-refractivity contribution < 1.29 is 4.74 Å². The van der Waals surface area contributed by atoms with E-state index in [1.54, 1.807) is 7.11 Å². The van der Waals surface area contributed by atoms with Gasteiger partial charge in [0.05, 0.1) is 7.11 Å². The fraction of sp³-hybridized carbons (Fsp3) is 0.500. The molecule has 0 spiro atoms. The molecular formula is C12H18BrNO. The van der Waals surface area contributed by atoms with Gasteiger partial charge in [0.15, 0.2) is 0 Å². The standard InChI is InChI=1S/C12H18BrNO/c1-4-7-14-9(2)11-6-5-10(13)8-12(11)15-3/h5-6,8-9,14H,4,7H2,1-3H3. The lowest BCUT2D eigenvalue weighted by atomic mass is 10.1. The Morgan fingerprint density at radius 1 is 1.47 bits per heavy atom. The van der Waals surface area contributed by atoms with Crippen molar-refractivity contribution >= 4 is 15.9 Å². The fourth-order valence-corrected chi connectivity index (χ4v) is 1.85. The third kappa shape index (κ3) is 3.50. The average Bonchev–Trinajstić information content (AvgIpc) is 2.25.